The number of nitrogen functional groups attached to an aromatic ring is 1. The highest BCUT2D eigenvalue weighted by atomic mass is 16.5. The third-order valence-electron chi connectivity index (χ3n) is 4.85. The molecule has 2 fully saturated rings. The summed E-state index contributed by atoms with van der Waals surface area (Å²) in [5.41, 5.74) is 6.17. The number of rotatable bonds is 6. The van der Waals surface area contributed by atoms with Gasteiger partial charge in [0.2, 0.25) is 0 Å². The van der Waals surface area contributed by atoms with Crippen molar-refractivity contribution in [3.05, 3.63) is 29.8 Å². The second-order valence-corrected chi connectivity index (χ2v) is 6.35. The molecule has 2 aliphatic rings. The number of ether oxygens (including phenoxy) is 1. The number of likely N-dealkylation sites (tertiary alicyclic amines) is 1. The van der Waals surface area contributed by atoms with Crippen molar-refractivity contribution in [3.63, 3.8) is 0 Å². The molecule has 1 heterocycles. The molecular formula is C17H25N3O. The van der Waals surface area contributed by atoms with Gasteiger partial charge in [0.1, 0.15) is 11.6 Å². The zero-order chi connectivity index (χ0) is 14.7. The number of amidine groups is 1. The Labute approximate surface area is 126 Å². The van der Waals surface area contributed by atoms with Crippen LogP contribution in [0.5, 0.6) is 5.75 Å². The predicted molar refractivity (Wildman–Crippen MR) is 84.8 cm³/mol. The Bertz CT molecular complexity index is 473. The van der Waals surface area contributed by atoms with Crippen LogP contribution in [-0.4, -0.2) is 37.0 Å². The summed E-state index contributed by atoms with van der Waals surface area (Å²) in [4.78, 5) is 2.61. The van der Waals surface area contributed by atoms with E-state index in [4.69, 9.17) is 15.9 Å². The molecule has 0 aromatic heterocycles. The molecule has 0 bridgehead atoms. The number of hydrogen-bond acceptors (Lipinski definition) is 3. The van der Waals surface area contributed by atoms with Gasteiger partial charge in [-0.15, -0.1) is 0 Å². The van der Waals surface area contributed by atoms with Crippen LogP contribution in [0, 0.1) is 17.2 Å². The fraction of sp³-hybridized carbons (Fsp3) is 0.588. The van der Waals surface area contributed by atoms with Crippen molar-refractivity contribution in [1.82, 2.24) is 4.90 Å². The lowest BCUT2D eigenvalue weighted by Gasteiger charge is -2.16. The third kappa shape index (κ3) is 3.56. The highest BCUT2D eigenvalue weighted by Crippen LogP contribution is 2.37. The summed E-state index contributed by atoms with van der Waals surface area (Å²) in [7, 11) is 0. The van der Waals surface area contributed by atoms with E-state index in [9.17, 15) is 0 Å². The summed E-state index contributed by atoms with van der Waals surface area (Å²) in [5.74, 6) is 2.91. The Morgan fingerprint density at radius 2 is 1.86 bits per heavy atom. The SMILES string of the molecule is N=C(N)c1ccc(OCCCN2C[C@H]3CCC[C@H]3C2)cc1. The maximum Gasteiger partial charge on any atom is 0.122 e. The molecule has 114 valence electrons. The van der Waals surface area contributed by atoms with Crippen LogP contribution in [0.2, 0.25) is 0 Å². The van der Waals surface area contributed by atoms with Gasteiger partial charge in [0.15, 0.2) is 0 Å². The molecule has 0 spiro atoms. The second kappa shape index (κ2) is 6.48. The molecule has 0 unspecified atom stereocenters. The molecule has 1 aliphatic carbocycles. The van der Waals surface area contributed by atoms with E-state index in [2.05, 4.69) is 4.90 Å². The van der Waals surface area contributed by atoms with Gasteiger partial charge < -0.3 is 15.4 Å². The number of nitrogens with two attached hydrogens (primary N) is 1. The second-order valence-electron chi connectivity index (χ2n) is 6.35. The van der Waals surface area contributed by atoms with E-state index in [0.29, 0.717) is 0 Å². The van der Waals surface area contributed by atoms with Gasteiger partial charge in [-0.1, -0.05) is 6.42 Å². The van der Waals surface area contributed by atoms with Crippen molar-refractivity contribution in [3.8, 4) is 5.75 Å². The fourth-order valence-electron chi connectivity index (χ4n) is 3.72. The summed E-state index contributed by atoms with van der Waals surface area (Å²) in [6.07, 6.45) is 5.41. The number of nitrogens with zero attached hydrogens (tertiary/aromatic N) is 1. The van der Waals surface area contributed by atoms with Crippen LogP contribution >= 0.6 is 0 Å². The van der Waals surface area contributed by atoms with Crippen molar-refractivity contribution in [2.75, 3.05) is 26.2 Å². The van der Waals surface area contributed by atoms with E-state index in [-0.39, 0.29) is 5.84 Å². The van der Waals surface area contributed by atoms with Crippen LogP contribution in [-0.2, 0) is 0 Å². The number of nitrogens with one attached hydrogen (secondary N) is 1. The third-order valence-corrected chi connectivity index (χ3v) is 4.85. The molecule has 1 saturated heterocycles. The van der Waals surface area contributed by atoms with E-state index in [1.807, 2.05) is 24.3 Å². The maximum atomic E-state index is 7.35. The molecule has 4 heteroatoms. The van der Waals surface area contributed by atoms with E-state index in [0.717, 1.165) is 42.7 Å². The van der Waals surface area contributed by atoms with E-state index >= 15 is 0 Å². The standard InChI is InChI=1S/C17H25N3O/c18-17(19)13-5-7-16(8-6-13)21-10-2-9-20-11-14-3-1-4-15(14)12-20/h5-8,14-15H,1-4,9-12H2,(H3,18,19)/t14-,15+. The molecule has 1 aromatic carbocycles. The van der Waals surface area contributed by atoms with E-state index in [1.54, 1.807) is 0 Å². The van der Waals surface area contributed by atoms with E-state index < -0.39 is 0 Å². The van der Waals surface area contributed by atoms with Gasteiger partial charge in [0, 0.05) is 25.2 Å². The predicted octanol–water partition coefficient (Wildman–Crippen LogP) is 2.47. The fourth-order valence-corrected chi connectivity index (χ4v) is 3.72. The van der Waals surface area contributed by atoms with Crippen molar-refractivity contribution >= 4 is 5.84 Å². The minimum Gasteiger partial charge on any atom is -0.494 e. The van der Waals surface area contributed by atoms with Gasteiger partial charge >= 0.3 is 0 Å². The Hall–Kier alpha value is -1.55. The van der Waals surface area contributed by atoms with Crippen LogP contribution in [0.1, 0.15) is 31.2 Å². The molecule has 0 radical (unpaired) electrons. The van der Waals surface area contributed by atoms with Gasteiger partial charge in [-0.05, 0) is 55.4 Å². The lowest BCUT2D eigenvalue weighted by Crippen LogP contribution is -2.24. The summed E-state index contributed by atoms with van der Waals surface area (Å²) >= 11 is 0. The van der Waals surface area contributed by atoms with Gasteiger partial charge in [0.25, 0.3) is 0 Å². The van der Waals surface area contributed by atoms with Crippen molar-refractivity contribution < 1.29 is 4.74 Å². The lowest BCUT2D eigenvalue weighted by atomic mass is 10.0. The first kappa shape index (κ1) is 14.4. The Morgan fingerprint density at radius 3 is 2.48 bits per heavy atom. The number of benzene rings is 1. The molecule has 1 saturated carbocycles. The quantitative estimate of drug-likeness (QED) is 0.480. The summed E-state index contributed by atoms with van der Waals surface area (Å²) < 4.78 is 5.76. The molecule has 3 rings (SSSR count). The number of fused-ring (bicyclic) bond motifs is 1. The average molecular weight is 287 g/mol. The van der Waals surface area contributed by atoms with Crippen molar-refractivity contribution in [1.29, 1.82) is 5.41 Å². The minimum absolute atomic E-state index is 0.0983. The van der Waals surface area contributed by atoms with Crippen molar-refractivity contribution in [2.45, 2.75) is 25.7 Å². The molecule has 0 amide bonds. The smallest absolute Gasteiger partial charge is 0.122 e. The Balaban J connectivity index is 1.36. The molecular weight excluding hydrogens is 262 g/mol. The maximum absolute atomic E-state index is 7.35. The molecule has 1 aromatic rings. The van der Waals surface area contributed by atoms with Crippen LogP contribution in [0.3, 0.4) is 0 Å². The van der Waals surface area contributed by atoms with Crippen LogP contribution in [0.25, 0.3) is 0 Å². The number of hydrogen-bond donors (Lipinski definition) is 2. The summed E-state index contributed by atoms with van der Waals surface area (Å²) in [5, 5.41) is 7.35. The van der Waals surface area contributed by atoms with Crippen molar-refractivity contribution in [2.24, 2.45) is 17.6 Å². The lowest BCUT2D eigenvalue weighted by molar-refractivity contribution is 0.253. The monoisotopic (exact) mass is 287 g/mol. The van der Waals surface area contributed by atoms with Gasteiger partial charge in [-0.25, -0.2) is 0 Å². The Morgan fingerprint density at radius 1 is 1.19 bits per heavy atom. The van der Waals surface area contributed by atoms with E-state index in [1.165, 1.54) is 32.4 Å². The van der Waals surface area contributed by atoms with Gasteiger partial charge in [-0.2, -0.15) is 0 Å². The van der Waals surface area contributed by atoms with Gasteiger partial charge in [0.05, 0.1) is 6.61 Å². The average Bonchev–Trinajstić information content (AvgIpc) is 3.05. The van der Waals surface area contributed by atoms with Gasteiger partial charge in [-0.3, -0.25) is 5.41 Å². The van der Waals surface area contributed by atoms with Crippen LogP contribution in [0.15, 0.2) is 24.3 Å². The summed E-state index contributed by atoms with van der Waals surface area (Å²) in [6, 6.07) is 7.44. The highest BCUT2D eigenvalue weighted by Gasteiger charge is 2.35. The molecule has 4 nitrogen and oxygen atoms in total. The summed E-state index contributed by atoms with van der Waals surface area (Å²) in [6.45, 7) is 4.51. The largest absolute Gasteiger partial charge is 0.494 e. The van der Waals surface area contributed by atoms with Crippen LogP contribution < -0.4 is 10.5 Å². The molecule has 1 aliphatic heterocycles. The first-order valence-electron chi connectivity index (χ1n) is 8.02. The topological polar surface area (TPSA) is 62.3 Å². The zero-order valence-electron chi connectivity index (χ0n) is 12.6. The molecule has 3 N–H and O–H groups in total. The molecule has 21 heavy (non-hydrogen) atoms. The van der Waals surface area contributed by atoms with Crippen LogP contribution in [0.4, 0.5) is 0 Å². The minimum atomic E-state index is 0.0983. The highest BCUT2D eigenvalue weighted by molar-refractivity contribution is 5.94. The molecule has 2 atom stereocenters. The normalized spacial score (nSPS) is 25.0. The first-order valence-corrected chi connectivity index (χ1v) is 8.02. The first-order chi connectivity index (χ1) is 10.2. The Kier molecular flexibility index (Phi) is 4.44. The zero-order valence-corrected chi connectivity index (χ0v) is 12.6.